The molecule has 1 aromatic carbocycles. The number of hydrogen-bond acceptors (Lipinski definition) is 7. The molecule has 2 fully saturated rings. The van der Waals surface area contributed by atoms with E-state index in [1.807, 2.05) is 31.7 Å². The van der Waals surface area contributed by atoms with Crippen LogP contribution in [0.5, 0.6) is 5.88 Å². The molecule has 0 bridgehead atoms. The Morgan fingerprint density at radius 1 is 1.09 bits per heavy atom. The van der Waals surface area contributed by atoms with Crippen molar-refractivity contribution in [3.63, 3.8) is 0 Å². The van der Waals surface area contributed by atoms with Gasteiger partial charge in [-0.05, 0) is 84.5 Å². The highest BCUT2D eigenvalue weighted by atomic mass is 16.6. The molecule has 1 aliphatic heterocycles. The number of fused-ring (bicyclic) bond motifs is 1. The highest BCUT2D eigenvalue weighted by Gasteiger charge is 2.33. The average molecular weight is 466 g/mol. The summed E-state index contributed by atoms with van der Waals surface area (Å²) in [5.74, 6) is 0.563. The minimum Gasteiger partial charge on any atom is -0.474 e. The lowest BCUT2D eigenvalue weighted by atomic mass is 9.90. The molecule has 34 heavy (non-hydrogen) atoms. The Morgan fingerprint density at radius 2 is 1.76 bits per heavy atom. The number of aromatic nitrogens is 2. The van der Waals surface area contributed by atoms with Crippen molar-refractivity contribution in [3.05, 3.63) is 30.1 Å². The van der Waals surface area contributed by atoms with E-state index in [0.29, 0.717) is 23.5 Å². The predicted octanol–water partition coefficient (Wildman–Crippen LogP) is 4.52. The van der Waals surface area contributed by atoms with E-state index in [1.54, 1.807) is 12.1 Å². The van der Waals surface area contributed by atoms with Gasteiger partial charge in [0, 0.05) is 25.2 Å². The molecule has 1 amide bonds. The molecule has 1 aliphatic carbocycles. The molecule has 1 saturated carbocycles. The topological polar surface area (TPSA) is 91.6 Å². The molecule has 0 N–H and O–H groups in total. The summed E-state index contributed by atoms with van der Waals surface area (Å²) in [5, 5.41) is 10.0. The van der Waals surface area contributed by atoms with Gasteiger partial charge in [0.15, 0.2) is 0 Å². The summed E-state index contributed by atoms with van der Waals surface area (Å²) in [4.78, 5) is 25.3. The lowest BCUT2D eigenvalue weighted by Gasteiger charge is -2.42. The van der Waals surface area contributed by atoms with Crippen LogP contribution in [-0.4, -0.2) is 69.8 Å². The van der Waals surface area contributed by atoms with E-state index in [0.717, 1.165) is 62.5 Å². The predicted molar refractivity (Wildman–Crippen MR) is 130 cm³/mol. The number of hydrogen-bond donors (Lipinski definition) is 0. The quantitative estimate of drug-likeness (QED) is 0.655. The molecule has 2 aromatic rings. The van der Waals surface area contributed by atoms with Gasteiger partial charge < -0.3 is 19.3 Å². The normalized spacial score (nSPS) is 21.9. The fraction of sp³-hybridized carbons (Fsp3) is 0.615. The third kappa shape index (κ3) is 5.76. The number of piperidine rings is 1. The van der Waals surface area contributed by atoms with Gasteiger partial charge >= 0.3 is 6.09 Å². The molecule has 0 atom stereocenters. The second-order valence-electron chi connectivity index (χ2n) is 10.4. The molecule has 4 rings (SSSR count). The van der Waals surface area contributed by atoms with Gasteiger partial charge in [-0.15, -0.1) is 0 Å². The number of benzene rings is 1. The zero-order chi connectivity index (χ0) is 24.3. The Hall–Kier alpha value is -2.92. The standard InChI is InChI=1S/C26H35N5O3/c1-26(2,3)34-25(32)31-13-11-20(12-14-31)30(4)19-6-8-21(9-7-19)33-24-22-15-18(16-27)5-10-23(22)28-17-29-24/h5,10,15,17,19-21H,6-9,11-14H2,1-4H3. The van der Waals surface area contributed by atoms with Crippen LogP contribution in [-0.2, 0) is 4.74 Å². The van der Waals surface area contributed by atoms with Gasteiger partial charge in [-0.1, -0.05) is 0 Å². The van der Waals surface area contributed by atoms with E-state index in [1.165, 1.54) is 6.33 Å². The maximum atomic E-state index is 12.3. The number of carbonyl (C=O) groups excluding carboxylic acids is 1. The molecule has 182 valence electrons. The number of rotatable bonds is 4. The molecule has 8 nitrogen and oxygen atoms in total. The third-order valence-corrected chi connectivity index (χ3v) is 6.92. The van der Waals surface area contributed by atoms with Gasteiger partial charge in [0.25, 0.3) is 0 Å². The maximum absolute atomic E-state index is 12.3. The Balaban J connectivity index is 1.28. The first-order chi connectivity index (χ1) is 16.2. The first-order valence-corrected chi connectivity index (χ1v) is 12.2. The first-order valence-electron chi connectivity index (χ1n) is 12.2. The number of carbonyl (C=O) groups is 1. The first kappa shape index (κ1) is 24.2. The Kier molecular flexibility index (Phi) is 7.22. The summed E-state index contributed by atoms with van der Waals surface area (Å²) in [6, 6.07) is 8.57. The van der Waals surface area contributed by atoms with Gasteiger partial charge in [-0.25, -0.2) is 14.8 Å². The minimum absolute atomic E-state index is 0.113. The van der Waals surface area contributed by atoms with Crippen LogP contribution in [0, 0.1) is 11.3 Å². The van der Waals surface area contributed by atoms with Gasteiger partial charge in [0.05, 0.1) is 22.5 Å². The summed E-state index contributed by atoms with van der Waals surface area (Å²) >= 11 is 0. The van der Waals surface area contributed by atoms with Gasteiger partial charge in [-0.3, -0.25) is 0 Å². The van der Waals surface area contributed by atoms with Crippen molar-refractivity contribution in [2.45, 2.75) is 83.1 Å². The van der Waals surface area contributed by atoms with Crippen LogP contribution in [0.15, 0.2) is 24.5 Å². The fourth-order valence-corrected chi connectivity index (χ4v) is 5.00. The van der Waals surface area contributed by atoms with E-state index >= 15 is 0 Å². The van der Waals surface area contributed by atoms with Crippen LogP contribution < -0.4 is 4.74 Å². The number of nitriles is 1. The number of nitrogens with zero attached hydrogens (tertiary/aromatic N) is 5. The molecule has 2 aliphatic rings. The number of amides is 1. The molecule has 2 heterocycles. The van der Waals surface area contributed by atoms with E-state index in [4.69, 9.17) is 9.47 Å². The molecule has 0 radical (unpaired) electrons. The zero-order valence-corrected chi connectivity index (χ0v) is 20.7. The SMILES string of the molecule is CN(C1CCC(Oc2ncnc3ccc(C#N)cc23)CC1)C1CCN(C(=O)OC(C)(C)C)CC1. The molecular weight excluding hydrogens is 430 g/mol. The molecule has 0 unspecified atom stereocenters. The van der Waals surface area contributed by atoms with Crippen molar-refractivity contribution in [2.24, 2.45) is 0 Å². The molecule has 1 aromatic heterocycles. The van der Waals surface area contributed by atoms with E-state index in [-0.39, 0.29) is 12.2 Å². The van der Waals surface area contributed by atoms with Crippen LogP contribution >= 0.6 is 0 Å². The van der Waals surface area contributed by atoms with Crippen LogP contribution in [0.2, 0.25) is 0 Å². The van der Waals surface area contributed by atoms with Crippen molar-refractivity contribution in [3.8, 4) is 11.9 Å². The van der Waals surface area contributed by atoms with Crippen molar-refractivity contribution in [2.75, 3.05) is 20.1 Å². The van der Waals surface area contributed by atoms with Crippen molar-refractivity contribution >= 4 is 17.0 Å². The van der Waals surface area contributed by atoms with Crippen LogP contribution in [0.1, 0.15) is 64.9 Å². The van der Waals surface area contributed by atoms with Gasteiger partial charge in [0.2, 0.25) is 5.88 Å². The van der Waals surface area contributed by atoms with Crippen molar-refractivity contribution in [1.29, 1.82) is 5.26 Å². The third-order valence-electron chi connectivity index (χ3n) is 6.92. The lowest BCUT2D eigenvalue weighted by Crippen LogP contribution is -2.50. The highest BCUT2D eigenvalue weighted by molar-refractivity contribution is 5.84. The van der Waals surface area contributed by atoms with E-state index in [9.17, 15) is 10.1 Å². The Bertz CT molecular complexity index is 1040. The van der Waals surface area contributed by atoms with Crippen LogP contribution in [0.25, 0.3) is 10.9 Å². The van der Waals surface area contributed by atoms with E-state index < -0.39 is 5.60 Å². The van der Waals surface area contributed by atoms with Crippen LogP contribution in [0.4, 0.5) is 4.79 Å². The fourth-order valence-electron chi connectivity index (χ4n) is 5.00. The second-order valence-corrected chi connectivity index (χ2v) is 10.4. The maximum Gasteiger partial charge on any atom is 0.410 e. The van der Waals surface area contributed by atoms with Crippen molar-refractivity contribution < 1.29 is 14.3 Å². The van der Waals surface area contributed by atoms with E-state index in [2.05, 4.69) is 28.0 Å². The van der Waals surface area contributed by atoms with Crippen LogP contribution in [0.3, 0.4) is 0 Å². The molecule has 8 heteroatoms. The highest BCUT2D eigenvalue weighted by Crippen LogP contribution is 2.31. The monoisotopic (exact) mass is 465 g/mol. The summed E-state index contributed by atoms with van der Waals surface area (Å²) < 4.78 is 11.8. The smallest absolute Gasteiger partial charge is 0.410 e. The van der Waals surface area contributed by atoms with Gasteiger partial charge in [0.1, 0.15) is 18.0 Å². The largest absolute Gasteiger partial charge is 0.474 e. The zero-order valence-electron chi connectivity index (χ0n) is 20.7. The minimum atomic E-state index is -0.457. The molecule has 1 saturated heterocycles. The van der Waals surface area contributed by atoms with Crippen molar-refractivity contribution in [1.82, 2.24) is 19.8 Å². The second kappa shape index (κ2) is 10.1. The summed E-state index contributed by atoms with van der Waals surface area (Å²) in [6.45, 7) is 7.20. The summed E-state index contributed by atoms with van der Waals surface area (Å²) in [6.07, 6.45) is 7.45. The average Bonchev–Trinajstić information content (AvgIpc) is 2.83. The lowest BCUT2D eigenvalue weighted by molar-refractivity contribution is 0.00964. The molecular formula is C26H35N5O3. The Morgan fingerprint density at radius 3 is 2.41 bits per heavy atom. The summed E-state index contributed by atoms with van der Waals surface area (Å²) in [7, 11) is 2.22. The summed E-state index contributed by atoms with van der Waals surface area (Å²) in [5.41, 5.74) is 0.909. The Labute approximate surface area is 201 Å². The molecule has 0 spiro atoms. The number of likely N-dealkylation sites (tertiary alicyclic amines) is 1. The number of ether oxygens (including phenoxy) is 2. The van der Waals surface area contributed by atoms with Gasteiger partial charge in [-0.2, -0.15) is 5.26 Å².